The van der Waals surface area contributed by atoms with Crippen molar-refractivity contribution in [3.63, 3.8) is 0 Å². The molecule has 1 aliphatic heterocycles. The summed E-state index contributed by atoms with van der Waals surface area (Å²) in [6, 6.07) is 4.52. The lowest BCUT2D eigenvalue weighted by Gasteiger charge is -2.33. The molecule has 1 aromatic rings. The molecule has 1 aliphatic rings. The van der Waals surface area contributed by atoms with Gasteiger partial charge in [0.2, 0.25) is 0 Å². The van der Waals surface area contributed by atoms with E-state index in [1.54, 1.807) is 0 Å². The van der Waals surface area contributed by atoms with Gasteiger partial charge in [-0.05, 0) is 38.3 Å². The molecule has 1 aromatic heterocycles. The van der Waals surface area contributed by atoms with Gasteiger partial charge in [0, 0.05) is 38.9 Å². The van der Waals surface area contributed by atoms with Crippen molar-refractivity contribution in [2.45, 2.75) is 39.3 Å². The van der Waals surface area contributed by atoms with Gasteiger partial charge in [-0.15, -0.1) is 24.0 Å². The zero-order valence-corrected chi connectivity index (χ0v) is 17.3. The van der Waals surface area contributed by atoms with Crippen molar-refractivity contribution in [1.82, 2.24) is 20.5 Å². The van der Waals surface area contributed by atoms with E-state index in [4.69, 9.17) is 0 Å². The van der Waals surface area contributed by atoms with Crippen molar-refractivity contribution in [3.8, 4) is 0 Å². The topological polar surface area (TPSA) is 52.5 Å². The first-order chi connectivity index (χ1) is 11.1. The Bertz CT molecular complexity index is 550. The molecule has 0 radical (unpaired) electrons. The SMILES string of the molecule is C=C(C)CN1CCC(NC(=NC)NCc2ncccc2C)CC1.I. The lowest BCUT2D eigenvalue weighted by Crippen LogP contribution is -2.48. The van der Waals surface area contributed by atoms with E-state index in [0.717, 1.165) is 44.1 Å². The number of piperidine rings is 1. The van der Waals surface area contributed by atoms with Gasteiger partial charge in [-0.25, -0.2) is 0 Å². The number of nitrogens with zero attached hydrogens (tertiary/aromatic N) is 3. The Balaban J connectivity index is 0.00000288. The number of likely N-dealkylation sites (tertiary alicyclic amines) is 1. The van der Waals surface area contributed by atoms with E-state index in [-0.39, 0.29) is 24.0 Å². The number of nitrogens with one attached hydrogen (secondary N) is 2. The molecule has 24 heavy (non-hydrogen) atoms. The third-order valence-corrected chi connectivity index (χ3v) is 4.19. The van der Waals surface area contributed by atoms with Crippen LogP contribution in [0.4, 0.5) is 0 Å². The fourth-order valence-corrected chi connectivity index (χ4v) is 2.88. The summed E-state index contributed by atoms with van der Waals surface area (Å²) in [5.74, 6) is 0.855. The minimum absolute atomic E-state index is 0. The highest BCUT2D eigenvalue weighted by molar-refractivity contribution is 14.0. The summed E-state index contributed by atoms with van der Waals surface area (Å²) in [6.45, 7) is 12.1. The van der Waals surface area contributed by atoms with Gasteiger partial charge in [-0.1, -0.05) is 18.2 Å². The molecule has 1 saturated heterocycles. The van der Waals surface area contributed by atoms with Gasteiger partial charge in [0.05, 0.1) is 12.2 Å². The fourth-order valence-electron chi connectivity index (χ4n) is 2.88. The predicted octanol–water partition coefficient (Wildman–Crippen LogP) is 2.71. The highest BCUT2D eigenvalue weighted by Gasteiger charge is 2.19. The molecule has 0 bridgehead atoms. The zero-order chi connectivity index (χ0) is 16.7. The Morgan fingerprint density at radius 3 is 2.71 bits per heavy atom. The van der Waals surface area contributed by atoms with Gasteiger partial charge in [-0.2, -0.15) is 0 Å². The number of hydrogen-bond donors (Lipinski definition) is 2. The lowest BCUT2D eigenvalue weighted by molar-refractivity contribution is 0.221. The van der Waals surface area contributed by atoms with E-state index in [1.165, 1.54) is 11.1 Å². The Morgan fingerprint density at radius 2 is 2.12 bits per heavy atom. The van der Waals surface area contributed by atoms with E-state index in [2.05, 4.69) is 52.0 Å². The second kappa shape index (κ2) is 10.7. The van der Waals surface area contributed by atoms with E-state index < -0.39 is 0 Å². The quantitative estimate of drug-likeness (QED) is 0.318. The van der Waals surface area contributed by atoms with Crippen molar-refractivity contribution in [2.24, 2.45) is 4.99 Å². The summed E-state index contributed by atoms with van der Waals surface area (Å²) < 4.78 is 0. The molecule has 0 aromatic carbocycles. The first-order valence-corrected chi connectivity index (χ1v) is 8.33. The third-order valence-electron chi connectivity index (χ3n) is 4.19. The van der Waals surface area contributed by atoms with Gasteiger partial charge >= 0.3 is 0 Å². The molecule has 6 heteroatoms. The minimum atomic E-state index is 0. The number of aromatic nitrogens is 1. The normalized spacial score (nSPS) is 16.4. The maximum atomic E-state index is 4.41. The molecule has 5 nitrogen and oxygen atoms in total. The van der Waals surface area contributed by atoms with E-state index in [9.17, 15) is 0 Å². The summed E-state index contributed by atoms with van der Waals surface area (Å²) >= 11 is 0. The molecule has 0 aliphatic carbocycles. The first-order valence-electron chi connectivity index (χ1n) is 8.33. The molecule has 134 valence electrons. The fraction of sp³-hybridized carbons (Fsp3) is 0.556. The van der Waals surface area contributed by atoms with Crippen molar-refractivity contribution in [3.05, 3.63) is 41.7 Å². The number of guanidine groups is 1. The van der Waals surface area contributed by atoms with Gasteiger partial charge in [-0.3, -0.25) is 14.9 Å². The Labute approximate surface area is 163 Å². The monoisotopic (exact) mass is 443 g/mol. The number of aliphatic imine (C=N–C) groups is 1. The Kier molecular flexibility index (Phi) is 9.28. The van der Waals surface area contributed by atoms with Crippen LogP contribution in [0.3, 0.4) is 0 Å². The predicted molar refractivity (Wildman–Crippen MR) is 112 cm³/mol. The van der Waals surface area contributed by atoms with Crippen LogP contribution in [0.25, 0.3) is 0 Å². The number of halogens is 1. The summed E-state index contributed by atoms with van der Waals surface area (Å²) in [4.78, 5) is 11.2. The van der Waals surface area contributed by atoms with Gasteiger partial charge in [0.25, 0.3) is 0 Å². The number of rotatable bonds is 5. The van der Waals surface area contributed by atoms with Crippen molar-refractivity contribution in [2.75, 3.05) is 26.7 Å². The van der Waals surface area contributed by atoms with Crippen LogP contribution in [0, 0.1) is 6.92 Å². The van der Waals surface area contributed by atoms with Crippen LogP contribution in [-0.2, 0) is 6.54 Å². The molecule has 2 rings (SSSR count). The standard InChI is InChI=1S/C18H29N5.HI/c1-14(2)13-23-10-7-16(8-11-23)22-18(19-4)21-12-17-15(3)6-5-9-20-17;/h5-6,9,16H,1,7-8,10-13H2,2-4H3,(H2,19,21,22);1H. The van der Waals surface area contributed by atoms with Crippen molar-refractivity contribution < 1.29 is 0 Å². The summed E-state index contributed by atoms with van der Waals surface area (Å²) in [5.41, 5.74) is 3.50. The second-order valence-corrected chi connectivity index (χ2v) is 6.34. The molecule has 2 N–H and O–H groups in total. The summed E-state index contributed by atoms with van der Waals surface area (Å²) in [6.07, 6.45) is 4.10. The van der Waals surface area contributed by atoms with Crippen LogP contribution in [0.5, 0.6) is 0 Å². The van der Waals surface area contributed by atoms with Gasteiger partial charge < -0.3 is 10.6 Å². The first kappa shape index (κ1) is 20.9. The molecule has 1 fully saturated rings. The van der Waals surface area contributed by atoms with Crippen LogP contribution >= 0.6 is 24.0 Å². The lowest BCUT2D eigenvalue weighted by atomic mass is 10.0. The van der Waals surface area contributed by atoms with E-state index in [1.807, 2.05) is 19.3 Å². The number of aryl methyl sites for hydroxylation is 1. The molecule has 0 amide bonds. The largest absolute Gasteiger partial charge is 0.354 e. The number of pyridine rings is 1. The van der Waals surface area contributed by atoms with E-state index in [0.29, 0.717) is 12.6 Å². The van der Waals surface area contributed by atoms with Crippen LogP contribution in [0.2, 0.25) is 0 Å². The molecule has 0 unspecified atom stereocenters. The minimum Gasteiger partial charge on any atom is -0.354 e. The maximum Gasteiger partial charge on any atom is 0.191 e. The highest BCUT2D eigenvalue weighted by atomic mass is 127. The molecule has 0 atom stereocenters. The maximum absolute atomic E-state index is 4.41. The zero-order valence-electron chi connectivity index (χ0n) is 15.0. The Morgan fingerprint density at radius 1 is 1.42 bits per heavy atom. The molecular weight excluding hydrogens is 413 g/mol. The summed E-state index contributed by atoms with van der Waals surface area (Å²) in [5, 5.41) is 6.90. The van der Waals surface area contributed by atoms with Gasteiger partial charge in [0.15, 0.2) is 5.96 Å². The highest BCUT2D eigenvalue weighted by Crippen LogP contribution is 2.11. The van der Waals surface area contributed by atoms with Crippen molar-refractivity contribution >= 4 is 29.9 Å². The van der Waals surface area contributed by atoms with Crippen LogP contribution in [-0.4, -0.2) is 48.6 Å². The average Bonchev–Trinajstić information content (AvgIpc) is 2.54. The number of hydrogen-bond acceptors (Lipinski definition) is 3. The van der Waals surface area contributed by atoms with Crippen LogP contribution < -0.4 is 10.6 Å². The molecule has 0 spiro atoms. The molecular formula is C18H30IN5. The molecule has 2 heterocycles. The van der Waals surface area contributed by atoms with Crippen LogP contribution in [0.15, 0.2) is 35.5 Å². The van der Waals surface area contributed by atoms with Crippen LogP contribution in [0.1, 0.15) is 31.0 Å². The third kappa shape index (κ3) is 6.76. The summed E-state index contributed by atoms with van der Waals surface area (Å²) in [7, 11) is 1.82. The smallest absolute Gasteiger partial charge is 0.191 e. The van der Waals surface area contributed by atoms with Gasteiger partial charge in [0.1, 0.15) is 0 Å². The Hall–Kier alpha value is -1.15. The average molecular weight is 443 g/mol. The second-order valence-electron chi connectivity index (χ2n) is 6.34. The van der Waals surface area contributed by atoms with E-state index >= 15 is 0 Å². The molecule has 0 saturated carbocycles. The van der Waals surface area contributed by atoms with Crippen molar-refractivity contribution in [1.29, 1.82) is 0 Å².